The van der Waals surface area contributed by atoms with Crippen molar-refractivity contribution in [2.75, 3.05) is 26.9 Å². The van der Waals surface area contributed by atoms with Crippen molar-refractivity contribution in [3.63, 3.8) is 0 Å². The molecule has 340 valence electrons. The van der Waals surface area contributed by atoms with Crippen LogP contribution in [0.4, 0.5) is 0 Å². The van der Waals surface area contributed by atoms with Gasteiger partial charge in [0.1, 0.15) is 54.5 Å². The van der Waals surface area contributed by atoms with Crippen LogP contribution in [0, 0.1) is 0 Å². The Bertz CT molecular complexity index is 2220. The third-order valence-electron chi connectivity index (χ3n) is 11.4. The lowest BCUT2D eigenvalue weighted by atomic mass is 9.94. The predicted octanol–water partition coefficient (Wildman–Crippen LogP) is 8.80. The number of benzene rings is 5. The lowest BCUT2D eigenvalue weighted by molar-refractivity contribution is -0.391. The summed E-state index contributed by atoms with van der Waals surface area (Å²) in [5.74, 6) is 0.713. The van der Waals surface area contributed by atoms with Crippen LogP contribution in [0.25, 0.3) is 10.4 Å². The third-order valence-corrected chi connectivity index (χ3v) is 11.4. The van der Waals surface area contributed by atoms with Gasteiger partial charge in [-0.05, 0) is 39.9 Å². The van der Waals surface area contributed by atoms with E-state index in [1.807, 2.05) is 146 Å². The Morgan fingerprint density at radius 2 is 1.18 bits per heavy atom. The first-order valence-corrected chi connectivity index (χ1v) is 21.8. The van der Waals surface area contributed by atoms with Crippen LogP contribution in [-0.4, -0.2) is 88.3 Å². The molecule has 0 N–H and O–H groups in total. The van der Waals surface area contributed by atoms with E-state index in [0.29, 0.717) is 12.4 Å². The molecule has 11 atom stereocenters. The molecular weight excluding hydrogens is 831 g/mol. The summed E-state index contributed by atoms with van der Waals surface area (Å²) in [6.07, 6.45) is -6.95. The zero-order valence-electron chi connectivity index (χ0n) is 36.3. The lowest BCUT2D eigenvalue weighted by Gasteiger charge is -2.51. The van der Waals surface area contributed by atoms with Gasteiger partial charge >= 0.3 is 0 Å². The molecule has 0 amide bonds. The topological polar surface area (TPSA) is 150 Å². The monoisotopic (exact) mass is 885 g/mol. The molecule has 0 aliphatic carbocycles. The number of fused-ring (bicyclic) bond motifs is 1. The van der Waals surface area contributed by atoms with Gasteiger partial charge in [0.15, 0.2) is 18.9 Å². The lowest BCUT2D eigenvalue weighted by Crippen LogP contribution is -2.66. The van der Waals surface area contributed by atoms with Crippen molar-refractivity contribution in [1.29, 1.82) is 0 Å². The van der Waals surface area contributed by atoms with Crippen LogP contribution in [0.2, 0.25) is 0 Å². The minimum absolute atomic E-state index is 0.0553. The maximum atomic E-state index is 9.98. The zero-order chi connectivity index (χ0) is 44.6. The van der Waals surface area contributed by atoms with Gasteiger partial charge in [-0.15, -0.1) is 6.58 Å². The van der Waals surface area contributed by atoms with Gasteiger partial charge in [-0.25, -0.2) is 0 Å². The zero-order valence-corrected chi connectivity index (χ0v) is 36.3. The molecule has 0 bridgehead atoms. The summed E-state index contributed by atoms with van der Waals surface area (Å²) in [6, 6.07) is 45.8. The van der Waals surface area contributed by atoms with Gasteiger partial charge in [0.2, 0.25) is 0 Å². The highest BCUT2D eigenvalue weighted by molar-refractivity contribution is 5.28. The summed E-state index contributed by atoms with van der Waals surface area (Å²) in [5.41, 5.74) is 14.6. The molecule has 3 aliphatic rings. The fourth-order valence-corrected chi connectivity index (χ4v) is 8.14. The number of nitrogens with zero attached hydrogens (tertiary/aromatic N) is 3. The fraction of sp³-hybridized carbons (Fsp3) is 0.373. The molecule has 0 spiro atoms. The second-order valence-electron chi connectivity index (χ2n) is 15.8. The number of hydrogen-bond acceptors (Lipinski definition) is 12. The molecular formula is C51H55N3O11. The maximum Gasteiger partial charge on any atom is 0.187 e. The Kier molecular flexibility index (Phi) is 16.8. The summed E-state index contributed by atoms with van der Waals surface area (Å²) in [6.45, 7) is 5.06. The molecule has 5 aromatic carbocycles. The first-order chi connectivity index (χ1) is 32.1. The van der Waals surface area contributed by atoms with E-state index in [1.54, 1.807) is 13.2 Å². The summed E-state index contributed by atoms with van der Waals surface area (Å²) in [5, 5.41) is 4.21. The number of ether oxygens (including phenoxy) is 11. The van der Waals surface area contributed by atoms with Crippen LogP contribution in [0.5, 0.6) is 5.75 Å². The van der Waals surface area contributed by atoms with Crippen LogP contribution in [-0.2, 0) is 73.8 Å². The van der Waals surface area contributed by atoms with Crippen LogP contribution in [0.15, 0.2) is 163 Å². The first-order valence-electron chi connectivity index (χ1n) is 21.8. The van der Waals surface area contributed by atoms with Gasteiger partial charge in [0.05, 0.1) is 53.4 Å². The van der Waals surface area contributed by atoms with Crippen molar-refractivity contribution in [2.24, 2.45) is 5.11 Å². The molecule has 14 heteroatoms. The SMILES string of the molecule is C=CCO[C@H]1O[C@H](COCc2ccccc2)[C@@H](O[C@@H]2O[C@@H]3CO[C@@H](c4ccc(OC)cc4)O[C@H]3[C@H](OCc3ccccc3)[C@H]2OCc2ccccc2)[C@H](OCc2ccccc2)[C@H]1N=[N+]=[N-]. The predicted molar refractivity (Wildman–Crippen MR) is 239 cm³/mol. The summed E-state index contributed by atoms with van der Waals surface area (Å²) >= 11 is 0. The Hall–Kier alpha value is -5.45. The van der Waals surface area contributed by atoms with Gasteiger partial charge in [0.25, 0.3) is 0 Å². The quantitative estimate of drug-likeness (QED) is 0.0301. The molecule has 3 aliphatic heterocycles. The molecule has 8 rings (SSSR count). The minimum atomic E-state index is -1.11. The normalized spacial score (nSPS) is 27.5. The Balaban J connectivity index is 1.16. The summed E-state index contributed by atoms with van der Waals surface area (Å²) in [7, 11) is 1.62. The van der Waals surface area contributed by atoms with E-state index in [2.05, 4.69) is 16.6 Å². The molecule has 3 heterocycles. The van der Waals surface area contributed by atoms with E-state index in [1.165, 1.54) is 0 Å². The molecule has 14 nitrogen and oxygen atoms in total. The van der Waals surface area contributed by atoms with Crippen molar-refractivity contribution in [3.8, 4) is 5.75 Å². The van der Waals surface area contributed by atoms with E-state index in [0.717, 1.165) is 27.8 Å². The van der Waals surface area contributed by atoms with Crippen LogP contribution >= 0.6 is 0 Å². The highest BCUT2D eigenvalue weighted by atomic mass is 16.8. The van der Waals surface area contributed by atoms with Gasteiger partial charge in [-0.3, -0.25) is 0 Å². The number of hydrogen-bond donors (Lipinski definition) is 0. The average Bonchev–Trinajstić information content (AvgIpc) is 3.36. The van der Waals surface area contributed by atoms with Crippen LogP contribution < -0.4 is 4.74 Å². The third kappa shape index (κ3) is 12.3. The minimum Gasteiger partial charge on any atom is -0.497 e. The Labute approximate surface area is 379 Å². The van der Waals surface area contributed by atoms with Crippen molar-refractivity contribution < 1.29 is 52.1 Å². The summed E-state index contributed by atoms with van der Waals surface area (Å²) in [4.78, 5) is 3.23. The van der Waals surface area contributed by atoms with Crippen molar-refractivity contribution >= 4 is 0 Å². The molecule has 0 radical (unpaired) electrons. The molecule has 5 aromatic rings. The number of rotatable bonds is 21. The van der Waals surface area contributed by atoms with Crippen molar-refractivity contribution in [1.82, 2.24) is 0 Å². The smallest absolute Gasteiger partial charge is 0.187 e. The molecule has 0 aromatic heterocycles. The molecule has 3 fully saturated rings. The van der Waals surface area contributed by atoms with Crippen molar-refractivity contribution in [3.05, 3.63) is 197 Å². The number of azide groups is 1. The van der Waals surface area contributed by atoms with E-state index in [4.69, 9.17) is 52.1 Å². The van der Waals surface area contributed by atoms with E-state index in [9.17, 15) is 5.53 Å². The first kappa shape index (κ1) is 46.1. The maximum absolute atomic E-state index is 9.98. The van der Waals surface area contributed by atoms with E-state index in [-0.39, 0.29) is 39.6 Å². The van der Waals surface area contributed by atoms with Crippen molar-refractivity contribution in [2.45, 2.75) is 94.1 Å². The Morgan fingerprint density at radius 3 is 1.74 bits per heavy atom. The van der Waals surface area contributed by atoms with Gasteiger partial charge in [-0.2, -0.15) is 0 Å². The number of methoxy groups -OCH3 is 1. The largest absolute Gasteiger partial charge is 0.497 e. The van der Waals surface area contributed by atoms with Gasteiger partial charge < -0.3 is 52.1 Å². The second kappa shape index (κ2) is 23.7. The fourth-order valence-electron chi connectivity index (χ4n) is 8.14. The highest BCUT2D eigenvalue weighted by Crippen LogP contribution is 2.40. The van der Waals surface area contributed by atoms with Gasteiger partial charge in [0, 0.05) is 10.5 Å². The van der Waals surface area contributed by atoms with Crippen LogP contribution in [0.3, 0.4) is 0 Å². The van der Waals surface area contributed by atoms with Gasteiger partial charge in [-0.1, -0.05) is 145 Å². The average molecular weight is 886 g/mol. The highest BCUT2D eigenvalue weighted by Gasteiger charge is 2.55. The Morgan fingerprint density at radius 1 is 0.631 bits per heavy atom. The van der Waals surface area contributed by atoms with E-state index >= 15 is 0 Å². The summed E-state index contributed by atoms with van der Waals surface area (Å²) < 4.78 is 72.4. The second-order valence-corrected chi connectivity index (χ2v) is 15.8. The molecule has 3 saturated heterocycles. The van der Waals surface area contributed by atoms with Crippen LogP contribution in [0.1, 0.15) is 34.1 Å². The molecule has 0 saturated carbocycles. The van der Waals surface area contributed by atoms with E-state index < -0.39 is 67.6 Å². The standard InChI is InChI=1S/C51H55N3O11/c1-3-28-57-50-43(53-54-52)46(58-30-36-18-10-5-11-19-36)44(41(62-50)33-56-29-35-16-8-4-9-17-35)65-51-48(60-32-38-22-14-7-15-23-38)47(59-31-37-20-12-6-13-21-37)45-42(63-51)34-61-49(64-45)39-24-26-40(55-2)27-25-39/h3-27,41-51H,1,28-34H2,2H3/t41-,42-,43-,44-,45-,46-,47+,48-,49-,50+,51+/m1/s1. The molecule has 0 unspecified atom stereocenters. The molecule has 65 heavy (non-hydrogen) atoms.